The molecule has 68 valence electrons. The summed E-state index contributed by atoms with van der Waals surface area (Å²) in [4.78, 5) is 11.1. The first-order valence-electron chi connectivity index (χ1n) is 3.74. The Hall–Kier alpha value is -1.51. The summed E-state index contributed by atoms with van der Waals surface area (Å²) in [6, 6.07) is 3.08. The monoisotopic (exact) mass is 182 g/mol. The van der Waals surface area contributed by atoms with Crippen molar-refractivity contribution in [3.05, 3.63) is 48.1 Å². The molecule has 0 saturated carbocycles. The Morgan fingerprint density at radius 3 is 2.62 bits per heavy atom. The van der Waals surface area contributed by atoms with Crippen molar-refractivity contribution >= 4 is 5.78 Å². The second-order valence-corrected chi connectivity index (χ2v) is 2.54. The number of benzene rings is 1. The Labute approximate surface area is 74.7 Å². The smallest absolute Gasteiger partial charge is 0.166 e. The molecule has 0 radical (unpaired) electrons. The van der Waals surface area contributed by atoms with Crippen LogP contribution in [0.15, 0.2) is 30.9 Å². The summed E-state index contributed by atoms with van der Waals surface area (Å²) < 4.78 is 25.1. The zero-order chi connectivity index (χ0) is 9.84. The zero-order valence-electron chi connectivity index (χ0n) is 6.89. The van der Waals surface area contributed by atoms with E-state index in [-0.39, 0.29) is 17.8 Å². The van der Waals surface area contributed by atoms with Gasteiger partial charge in [0, 0.05) is 12.0 Å². The van der Waals surface area contributed by atoms with Gasteiger partial charge in [-0.3, -0.25) is 4.79 Å². The Bertz CT molecular complexity index is 345. The predicted octanol–water partition coefficient (Wildman–Crippen LogP) is 2.72. The van der Waals surface area contributed by atoms with Crippen molar-refractivity contribution in [3.8, 4) is 0 Å². The molecule has 0 bridgehead atoms. The van der Waals surface area contributed by atoms with Crippen LogP contribution in [0.5, 0.6) is 0 Å². The molecule has 1 aromatic carbocycles. The van der Waals surface area contributed by atoms with E-state index < -0.39 is 11.6 Å². The quantitative estimate of drug-likeness (QED) is 0.518. The number of hydrogen-bond acceptors (Lipinski definition) is 1. The molecule has 0 atom stereocenters. The summed E-state index contributed by atoms with van der Waals surface area (Å²) in [6.07, 6.45) is 1.55. The Kier molecular flexibility index (Phi) is 2.90. The van der Waals surface area contributed by atoms with Gasteiger partial charge in [-0.2, -0.15) is 0 Å². The van der Waals surface area contributed by atoms with Gasteiger partial charge < -0.3 is 0 Å². The fourth-order valence-corrected chi connectivity index (χ4v) is 0.919. The number of carbonyl (C=O) groups is 1. The van der Waals surface area contributed by atoms with E-state index >= 15 is 0 Å². The Morgan fingerprint density at radius 2 is 2.08 bits per heavy atom. The van der Waals surface area contributed by atoms with E-state index in [2.05, 4.69) is 6.58 Å². The molecule has 0 aromatic heterocycles. The first-order chi connectivity index (χ1) is 6.15. The molecule has 0 aliphatic carbocycles. The van der Waals surface area contributed by atoms with Crippen LogP contribution < -0.4 is 0 Å². The summed E-state index contributed by atoms with van der Waals surface area (Å²) >= 11 is 0. The molecule has 0 amide bonds. The van der Waals surface area contributed by atoms with Gasteiger partial charge in [-0.15, -0.1) is 6.58 Å². The Balaban J connectivity index is 2.96. The molecule has 1 aromatic rings. The van der Waals surface area contributed by atoms with Gasteiger partial charge in [-0.1, -0.05) is 6.08 Å². The van der Waals surface area contributed by atoms with Crippen molar-refractivity contribution in [1.29, 1.82) is 0 Å². The first-order valence-corrected chi connectivity index (χ1v) is 3.74. The molecular formula is C10H8F2O. The van der Waals surface area contributed by atoms with Crippen LogP contribution in [-0.4, -0.2) is 5.78 Å². The molecule has 0 saturated heterocycles. The summed E-state index contributed by atoms with van der Waals surface area (Å²) in [6.45, 7) is 3.38. The molecule has 0 spiro atoms. The molecule has 1 rings (SSSR count). The van der Waals surface area contributed by atoms with Crippen molar-refractivity contribution in [2.75, 3.05) is 0 Å². The molecular weight excluding hydrogens is 174 g/mol. The number of hydrogen-bond donors (Lipinski definition) is 0. The number of halogens is 2. The maximum absolute atomic E-state index is 12.6. The van der Waals surface area contributed by atoms with Gasteiger partial charge in [0.15, 0.2) is 17.4 Å². The lowest BCUT2D eigenvalue weighted by molar-refractivity contribution is 0.0995. The van der Waals surface area contributed by atoms with Crippen LogP contribution in [0, 0.1) is 11.6 Å². The molecule has 3 heteroatoms. The van der Waals surface area contributed by atoms with E-state index in [1.165, 1.54) is 12.1 Å². The van der Waals surface area contributed by atoms with Crippen LogP contribution >= 0.6 is 0 Å². The van der Waals surface area contributed by atoms with Crippen molar-refractivity contribution < 1.29 is 13.6 Å². The van der Waals surface area contributed by atoms with Gasteiger partial charge in [-0.25, -0.2) is 8.78 Å². The molecule has 0 N–H and O–H groups in total. The van der Waals surface area contributed by atoms with Gasteiger partial charge in [0.05, 0.1) is 0 Å². The first kappa shape index (κ1) is 9.58. The van der Waals surface area contributed by atoms with Crippen LogP contribution in [0.1, 0.15) is 16.8 Å². The lowest BCUT2D eigenvalue weighted by Crippen LogP contribution is -1.98. The molecule has 0 heterocycles. The van der Waals surface area contributed by atoms with E-state index in [0.717, 1.165) is 12.1 Å². The zero-order valence-corrected chi connectivity index (χ0v) is 6.89. The van der Waals surface area contributed by atoms with Crippen LogP contribution in [0.4, 0.5) is 8.78 Å². The highest BCUT2D eigenvalue weighted by atomic mass is 19.2. The van der Waals surface area contributed by atoms with Crippen LogP contribution in [0.2, 0.25) is 0 Å². The van der Waals surface area contributed by atoms with Crippen LogP contribution in [0.25, 0.3) is 0 Å². The van der Waals surface area contributed by atoms with Gasteiger partial charge in [0.2, 0.25) is 0 Å². The van der Waals surface area contributed by atoms with E-state index in [1.54, 1.807) is 0 Å². The van der Waals surface area contributed by atoms with Crippen molar-refractivity contribution in [3.63, 3.8) is 0 Å². The van der Waals surface area contributed by atoms with Crippen LogP contribution in [0.3, 0.4) is 0 Å². The van der Waals surface area contributed by atoms with E-state index in [1.807, 2.05) is 0 Å². The molecule has 0 aliphatic rings. The predicted molar refractivity (Wildman–Crippen MR) is 45.5 cm³/mol. The van der Waals surface area contributed by atoms with E-state index in [4.69, 9.17) is 0 Å². The highest BCUT2D eigenvalue weighted by Gasteiger charge is 2.07. The van der Waals surface area contributed by atoms with Crippen molar-refractivity contribution in [2.24, 2.45) is 0 Å². The fraction of sp³-hybridized carbons (Fsp3) is 0.100. The molecule has 0 fully saturated rings. The second kappa shape index (κ2) is 3.94. The SMILES string of the molecule is C=CCC(=O)c1ccc(F)c(F)c1. The molecule has 1 nitrogen and oxygen atoms in total. The third-order valence-corrected chi connectivity index (χ3v) is 1.57. The highest BCUT2D eigenvalue weighted by Crippen LogP contribution is 2.10. The van der Waals surface area contributed by atoms with E-state index in [0.29, 0.717) is 0 Å². The average molecular weight is 182 g/mol. The minimum Gasteiger partial charge on any atom is -0.294 e. The second-order valence-electron chi connectivity index (χ2n) is 2.54. The van der Waals surface area contributed by atoms with Gasteiger partial charge >= 0.3 is 0 Å². The topological polar surface area (TPSA) is 17.1 Å². The van der Waals surface area contributed by atoms with Crippen LogP contribution in [-0.2, 0) is 0 Å². The maximum Gasteiger partial charge on any atom is 0.166 e. The largest absolute Gasteiger partial charge is 0.294 e. The standard InChI is InChI=1S/C10H8F2O/c1-2-3-10(13)7-4-5-8(11)9(12)6-7/h2,4-6H,1,3H2. The fourth-order valence-electron chi connectivity index (χ4n) is 0.919. The summed E-state index contributed by atoms with van der Waals surface area (Å²) in [5.41, 5.74) is 0.166. The van der Waals surface area contributed by atoms with Gasteiger partial charge in [0.1, 0.15) is 0 Å². The van der Waals surface area contributed by atoms with Crippen molar-refractivity contribution in [1.82, 2.24) is 0 Å². The van der Waals surface area contributed by atoms with Crippen molar-refractivity contribution in [2.45, 2.75) is 6.42 Å². The summed E-state index contributed by atoms with van der Waals surface area (Å²) in [7, 11) is 0. The third kappa shape index (κ3) is 2.21. The molecule has 13 heavy (non-hydrogen) atoms. The highest BCUT2D eigenvalue weighted by molar-refractivity contribution is 5.96. The number of ketones is 1. The number of allylic oxidation sites excluding steroid dienone is 1. The lowest BCUT2D eigenvalue weighted by atomic mass is 10.1. The molecule has 0 unspecified atom stereocenters. The minimum atomic E-state index is -1.00. The van der Waals surface area contributed by atoms with Gasteiger partial charge in [-0.05, 0) is 18.2 Å². The summed E-state index contributed by atoms with van der Waals surface area (Å²) in [5.74, 6) is -2.22. The minimum absolute atomic E-state index is 0.130. The number of rotatable bonds is 3. The average Bonchev–Trinajstić information content (AvgIpc) is 2.10. The maximum atomic E-state index is 12.6. The van der Waals surface area contributed by atoms with Gasteiger partial charge in [0.25, 0.3) is 0 Å². The third-order valence-electron chi connectivity index (χ3n) is 1.57. The normalized spacial score (nSPS) is 9.69. The number of carbonyl (C=O) groups excluding carboxylic acids is 1. The molecule has 0 aliphatic heterocycles. The van der Waals surface area contributed by atoms with E-state index in [9.17, 15) is 13.6 Å². The Morgan fingerprint density at radius 1 is 1.38 bits per heavy atom. The number of Topliss-reactive ketones (excluding diaryl/α,β-unsaturated/α-hetero) is 1. The summed E-state index contributed by atoms with van der Waals surface area (Å²) in [5, 5.41) is 0. The lowest BCUT2D eigenvalue weighted by Gasteiger charge is -1.98.